The second kappa shape index (κ2) is 6.15. The molecule has 1 aliphatic heterocycles. The molecule has 1 saturated heterocycles. The fourth-order valence-electron chi connectivity index (χ4n) is 1.93. The van der Waals surface area contributed by atoms with Crippen LogP contribution in [0.3, 0.4) is 0 Å². The van der Waals surface area contributed by atoms with E-state index in [0.29, 0.717) is 32.8 Å². The van der Waals surface area contributed by atoms with Gasteiger partial charge in [-0.2, -0.15) is 13.2 Å². The maximum Gasteiger partial charge on any atom is 0.419 e. The van der Waals surface area contributed by atoms with E-state index < -0.39 is 11.7 Å². The van der Waals surface area contributed by atoms with E-state index >= 15 is 0 Å². The first kappa shape index (κ1) is 15.3. The van der Waals surface area contributed by atoms with Gasteiger partial charge in [0.05, 0.1) is 12.2 Å². The minimum atomic E-state index is -4.44. The van der Waals surface area contributed by atoms with Gasteiger partial charge < -0.3 is 14.5 Å². The summed E-state index contributed by atoms with van der Waals surface area (Å²) in [7, 11) is 0. The number of carbonyl (C=O) groups excluding carboxylic acids is 1. The first-order valence-electron chi connectivity index (χ1n) is 6.47. The van der Waals surface area contributed by atoms with Crippen molar-refractivity contribution in [2.24, 2.45) is 0 Å². The molecule has 6 nitrogen and oxygen atoms in total. The number of ether oxygens (including phenoxy) is 1. The van der Waals surface area contributed by atoms with Crippen molar-refractivity contribution in [1.82, 2.24) is 14.9 Å². The summed E-state index contributed by atoms with van der Waals surface area (Å²) in [5.41, 5.74) is -0.878. The molecular weight excluding hydrogens is 289 g/mol. The Hall–Kier alpha value is -2.06. The predicted molar refractivity (Wildman–Crippen MR) is 67.8 cm³/mol. The Morgan fingerprint density at radius 2 is 1.81 bits per heavy atom. The highest BCUT2D eigenvalue weighted by molar-refractivity contribution is 5.68. The molecule has 0 aliphatic carbocycles. The monoisotopic (exact) mass is 304 g/mol. The fraction of sp³-hybridized carbons (Fsp3) is 0.583. The first-order chi connectivity index (χ1) is 9.91. The van der Waals surface area contributed by atoms with Gasteiger partial charge in [0.2, 0.25) is 5.95 Å². The van der Waals surface area contributed by atoms with Crippen LogP contribution in [0.5, 0.6) is 0 Å². The van der Waals surface area contributed by atoms with E-state index in [1.165, 1.54) is 0 Å². The molecule has 9 heteroatoms. The van der Waals surface area contributed by atoms with Gasteiger partial charge in [-0.25, -0.2) is 14.8 Å². The first-order valence-corrected chi connectivity index (χ1v) is 6.47. The van der Waals surface area contributed by atoms with E-state index in [9.17, 15) is 18.0 Å². The van der Waals surface area contributed by atoms with E-state index in [0.717, 1.165) is 12.4 Å². The van der Waals surface area contributed by atoms with Crippen molar-refractivity contribution in [2.45, 2.75) is 13.1 Å². The zero-order chi connectivity index (χ0) is 15.5. The Morgan fingerprint density at radius 3 is 2.29 bits per heavy atom. The van der Waals surface area contributed by atoms with E-state index in [4.69, 9.17) is 4.74 Å². The Balaban J connectivity index is 1.95. The normalized spacial score (nSPS) is 16.0. The highest BCUT2D eigenvalue weighted by atomic mass is 19.4. The molecule has 0 atom stereocenters. The van der Waals surface area contributed by atoms with Crippen LogP contribution >= 0.6 is 0 Å². The minimum absolute atomic E-state index is 0.228. The van der Waals surface area contributed by atoms with Crippen LogP contribution in [-0.2, 0) is 10.9 Å². The molecule has 1 aromatic rings. The molecule has 0 bridgehead atoms. The molecule has 0 N–H and O–H groups in total. The SMILES string of the molecule is CCOC(=O)N1CCN(c2ncc(C(F)(F)F)cn2)CC1. The maximum atomic E-state index is 12.4. The lowest BCUT2D eigenvalue weighted by atomic mass is 10.3. The molecule has 0 spiro atoms. The molecule has 2 heterocycles. The smallest absolute Gasteiger partial charge is 0.419 e. The summed E-state index contributed by atoms with van der Waals surface area (Å²) in [5, 5.41) is 0. The van der Waals surface area contributed by atoms with Gasteiger partial charge >= 0.3 is 12.3 Å². The van der Waals surface area contributed by atoms with Crippen molar-refractivity contribution in [1.29, 1.82) is 0 Å². The maximum absolute atomic E-state index is 12.4. The number of amides is 1. The molecule has 0 aromatic carbocycles. The number of aromatic nitrogens is 2. The number of rotatable bonds is 2. The van der Waals surface area contributed by atoms with Crippen LogP contribution < -0.4 is 4.90 Å². The number of hydrogen-bond acceptors (Lipinski definition) is 5. The number of nitrogens with zero attached hydrogens (tertiary/aromatic N) is 4. The van der Waals surface area contributed by atoms with Gasteiger partial charge in [-0.05, 0) is 6.92 Å². The van der Waals surface area contributed by atoms with Crippen molar-refractivity contribution >= 4 is 12.0 Å². The van der Waals surface area contributed by atoms with E-state index in [-0.39, 0.29) is 12.0 Å². The quantitative estimate of drug-likeness (QED) is 0.833. The molecule has 0 radical (unpaired) electrons. The molecule has 1 aliphatic rings. The highest BCUT2D eigenvalue weighted by Crippen LogP contribution is 2.28. The van der Waals surface area contributed by atoms with Gasteiger partial charge in [0.1, 0.15) is 0 Å². The largest absolute Gasteiger partial charge is 0.450 e. The summed E-state index contributed by atoms with van der Waals surface area (Å²) in [6, 6.07) is 0. The minimum Gasteiger partial charge on any atom is -0.450 e. The lowest BCUT2D eigenvalue weighted by molar-refractivity contribution is -0.138. The average molecular weight is 304 g/mol. The summed E-state index contributed by atoms with van der Waals surface area (Å²) >= 11 is 0. The zero-order valence-corrected chi connectivity index (χ0v) is 11.4. The second-order valence-electron chi connectivity index (χ2n) is 4.44. The third-order valence-corrected chi connectivity index (χ3v) is 3.05. The number of alkyl halides is 3. The summed E-state index contributed by atoms with van der Waals surface area (Å²) in [4.78, 5) is 22.3. The van der Waals surface area contributed by atoms with Gasteiger partial charge in [-0.15, -0.1) is 0 Å². The van der Waals surface area contributed by atoms with Crippen LogP contribution in [0.25, 0.3) is 0 Å². The zero-order valence-electron chi connectivity index (χ0n) is 11.4. The number of hydrogen-bond donors (Lipinski definition) is 0. The molecule has 21 heavy (non-hydrogen) atoms. The van der Waals surface area contributed by atoms with Crippen molar-refractivity contribution in [3.8, 4) is 0 Å². The van der Waals surface area contributed by atoms with Crippen LogP contribution in [0.2, 0.25) is 0 Å². The van der Waals surface area contributed by atoms with Crippen LogP contribution in [0, 0.1) is 0 Å². The second-order valence-corrected chi connectivity index (χ2v) is 4.44. The standard InChI is InChI=1S/C12H15F3N4O2/c1-2-21-11(20)19-5-3-18(4-6-19)10-16-7-9(8-17-10)12(13,14)15/h7-8H,2-6H2,1H3. The van der Waals surface area contributed by atoms with Gasteiger partial charge in [-0.1, -0.05) is 0 Å². The molecule has 1 fully saturated rings. The predicted octanol–water partition coefficient (Wildman–Crippen LogP) is 1.77. The Labute approximate surface area is 119 Å². The van der Waals surface area contributed by atoms with Crippen LogP contribution in [0.15, 0.2) is 12.4 Å². The summed E-state index contributed by atoms with van der Waals surface area (Å²) in [5.74, 6) is 0.228. The Bertz CT molecular complexity index is 484. The topological polar surface area (TPSA) is 58.6 Å². The van der Waals surface area contributed by atoms with Gasteiger partial charge in [-0.3, -0.25) is 0 Å². The lowest BCUT2D eigenvalue weighted by Crippen LogP contribution is -2.49. The molecule has 1 amide bonds. The highest BCUT2D eigenvalue weighted by Gasteiger charge is 2.32. The molecular formula is C12H15F3N4O2. The number of carbonyl (C=O) groups is 1. The van der Waals surface area contributed by atoms with Crippen molar-refractivity contribution in [2.75, 3.05) is 37.7 Å². The molecule has 116 valence electrons. The molecule has 0 saturated carbocycles. The number of piperazine rings is 1. The van der Waals surface area contributed by atoms with Crippen LogP contribution in [0.4, 0.5) is 23.9 Å². The summed E-state index contributed by atoms with van der Waals surface area (Å²) < 4.78 is 42.2. The summed E-state index contributed by atoms with van der Waals surface area (Å²) in [6.07, 6.45) is -3.30. The van der Waals surface area contributed by atoms with E-state index in [1.54, 1.807) is 16.7 Å². The van der Waals surface area contributed by atoms with E-state index in [2.05, 4.69) is 9.97 Å². The lowest BCUT2D eigenvalue weighted by Gasteiger charge is -2.33. The van der Waals surface area contributed by atoms with Crippen LogP contribution in [-0.4, -0.2) is 53.7 Å². The van der Waals surface area contributed by atoms with Crippen molar-refractivity contribution in [3.05, 3.63) is 18.0 Å². The fourth-order valence-corrected chi connectivity index (χ4v) is 1.93. The molecule has 2 rings (SSSR count). The molecule has 1 aromatic heterocycles. The van der Waals surface area contributed by atoms with E-state index in [1.807, 2.05) is 0 Å². The van der Waals surface area contributed by atoms with Gasteiger partial charge in [0.15, 0.2) is 0 Å². The van der Waals surface area contributed by atoms with Gasteiger partial charge in [0.25, 0.3) is 0 Å². The molecule has 0 unspecified atom stereocenters. The van der Waals surface area contributed by atoms with Gasteiger partial charge in [0, 0.05) is 38.6 Å². The summed E-state index contributed by atoms with van der Waals surface area (Å²) in [6.45, 7) is 3.77. The van der Waals surface area contributed by atoms with Crippen molar-refractivity contribution in [3.63, 3.8) is 0 Å². The average Bonchev–Trinajstić information content (AvgIpc) is 2.47. The number of halogens is 3. The number of anilines is 1. The third-order valence-electron chi connectivity index (χ3n) is 3.05. The van der Waals surface area contributed by atoms with Crippen molar-refractivity contribution < 1.29 is 22.7 Å². The third kappa shape index (κ3) is 3.73. The Morgan fingerprint density at radius 1 is 1.24 bits per heavy atom. The van der Waals surface area contributed by atoms with Crippen LogP contribution in [0.1, 0.15) is 12.5 Å². The Kier molecular flexibility index (Phi) is 4.49.